The van der Waals surface area contributed by atoms with Crippen molar-refractivity contribution in [1.82, 2.24) is 10.0 Å². The molecule has 0 spiro atoms. The first kappa shape index (κ1) is 13.5. The highest BCUT2D eigenvalue weighted by Crippen LogP contribution is 2.11. The molecule has 2 rings (SSSR count). The molecule has 100 valence electrons. The first-order valence-electron chi connectivity index (χ1n) is 6.29. The van der Waals surface area contributed by atoms with Crippen LogP contribution >= 0.6 is 0 Å². The van der Waals surface area contributed by atoms with E-state index in [1.807, 2.05) is 31.2 Å². The van der Waals surface area contributed by atoms with E-state index in [1.165, 1.54) is 0 Å². The fraction of sp³-hybridized carbons (Fsp3) is 0.538. The standard InChI is InChI=1S/C13H20N2O2S/c1-11-4-2-3-5-13(11)9-15-18(16,17)10-12-6-7-14-8-12/h2-5,12,14-15H,6-10H2,1H3. The molecule has 0 aromatic heterocycles. The molecule has 1 aliphatic rings. The third-order valence-electron chi connectivity index (χ3n) is 3.36. The van der Waals surface area contributed by atoms with Crippen LogP contribution in [0.5, 0.6) is 0 Å². The first-order chi connectivity index (χ1) is 8.57. The van der Waals surface area contributed by atoms with E-state index in [1.54, 1.807) is 0 Å². The van der Waals surface area contributed by atoms with Gasteiger partial charge in [-0.05, 0) is 43.5 Å². The Kier molecular flexibility index (Phi) is 4.37. The number of sulfonamides is 1. The molecule has 18 heavy (non-hydrogen) atoms. The van der Waals surface area contributed by atoms with Crippen molar-refractivity contribution < 1.29 is 8.42 Å². The van der Waals surface area contributed by atoms with Gasteiger partial charge < -0.3 is 5.32 Å². The van der Waals surface area contributed by atoms with Crippen LogP contribution in [-0.2, 0) is 16.6 Å². The molecule has 0 amide bonds. The van der Waals surface area contributed by atoms with Gasteiger partial charge in [0.2, 0.25) is 10.0 Å². The Morgan fingerprint density at radius 3 is 2.83 bits per heavy atom. The van der Waals surface area contributed by atoms with E-state index in [9.17, 15) is 8.42 Å². The van der Waals surface area contributed by atoms with Gasteiger partial charge in [0.1, 0.15) is 0 Å². The quantitative estimate of drug-likeness (QED) is 0.838. The molecule has 0 aliphatic carbocycles. The van der Waals surface area contributed by atoms with Crippen molar-refractivity contribution in [3.05, 3.63) is 35.4 Å². The Balaban J connectivity index is 1.90. The summed E-state index contributed by atoms with van der Waals surface area (Å²) in [5, 5.41) is 3.19. The number of hydrogen-bond acceptors (Lipinski definition) is 3. The van der Waals surface area contributed by atoms with E-state index >= 15 is 0 Å². The average Bonchev–Trinajstić information content (AvgIpc) is 2.80. The molecule has 0 saturated carbocycles. The van der Waals surface area contributed by atoms with Crippen molar-refractivity contribution in [1.29, 1.82) is 0 Å². The molecule has 1 saturated heterocycles. The second-order valence-electron chi connectivity index (χ2n) is 4.89. The van der Waals surface area contributed by atoms with Crippen LogP contribution in [0.3, 0.4) is 0 Å². The molecule has 0 bridgehead atoms. The maximum atomic E-state index is 11.9. The molecule has 2 N–H and O–H groups in total. The van der Waals surface area contributed by atoms with Crippen LogP contribution < -0.4 is 10.0 Å². The van der Waals surface area contributed by atoms with E-state index in [2.05, 4.69) is 10.0 Å². The zero-order chi connectivity index (χ0) is 13.0. The van der Waals surface area contributed by atoms with E-state index in [0.29, 0.717) is 6.54 Å². The van der Waals surface area contributed by atoms with Gasteiger partial charge in [0, 0.05) is 6.54 Å². The van der Waals surface area contributed by atoms with E-state index in [0.717, 1.165) is 30.6 Å². The van der Waals surface area contributed by atoms with Gasteiger partial charge in [0.05, 0.1) is 5.75 Å². The maximum absolute atomic E-state index is 11.9. The molecule has 1 aliphatic heterocycles. The summed E-state index contributed by atoms with van der Waals surface area (Å²) >= 11 is 0. The zero-order valence-electron chi connectivity index (χ0n) is 10.6. The predicted octanol–water partition coefficient (Wildman–Crippen LogP) is 1.02. The third-order valence-corrected chi connectivity index (χ3v) is 4.86. The van der Waals surface area contributed by atoms with Gasteiger partial charge in [-0.2, -0.15) is 0 Å². The van der Waals surface area contributed by atoms with Crippen molar-refractivity contribution >= 4 is 10.0 Å². The molecule has 0 radical (unpaired) electrons. The lowest BCUT2D eigenvalue weighted by Gasteiger charge is -2.11. The molecular weight excluding hydrogens is 248 g/mol. The second-order valence-corrected chi connectivity index (χ2v) is 6.74. The van der Waals surface area contributed by atoms with E-state index in [-0.39, 0.29) is 11.7 Å². The summed E-state index contributed by atoms with van der Waals surface area (Å²) in [6.45, 7) is 4.11. The summed E-state index contributed by atoms with van der Waals surface area (Å²) in [6, 6.07) is 7.83. The number of rotatable bonds is 5. The summed E-state index contributed by atoms with van der Waals surface area (Å²) in [4.78, 5) is 0. The van der Waals surface area contributed by atoms with Crippen LogP contribution in [0.15, 0.2) is 24.3 Å². The van der Waals surface area contributed by atoms with Crippen molar-refractivity contribution in [2.45, 2.75) is 19.9 Å². The Bertz CT molecular complexity index is 493. The van der Waals surface area contributed by atoms with Crippen molar-refractivity contribution in [3.63, 3.8) is 0 Å². The molecule has 1 atom stereocenters. The molecule has 4 nitrogen and oxygen atoms in total. The number of nitrogens with one attached hydrogen (secondary N) is 2. The van der Waals surface area contributed by atoms with Crippen molar-refractivity contribution in [3.8, 4) is 0 Å². The Labute approximate surface area is 109 Å². The number of benzene rings is 1. The van der Waals surface area contributed by atoms with Gasteiger partial charge in [-0.25, -0.2) is 13.1 Å². The fourth-order valence-electron chi connectivity index (χ4n) is 2.22. The van der Waals surface area contributed by atoms with Gasteiger partial charge in [-0.3, -0.25) is 0 Å². The first-order valence-corrected chi connectivity index (χ1v) is 7.94. The minimum absolute atomic E-state index is 0.228. The Morgan fingerprint density at radius 2 is 2.17 bits per heavy atom. The van der Waals surface area contributed by atoms with Crippen LogP contribution in [0, 0.1) is 12.8 Å². The summed E-state index contributed by atoms with van der Waals surface area (Å²) in [7, 11) is -3.17. The minimum Gasteiger partial charge on any atom is -0.316 e. The monoisotopic (exact) mass is 268 g/mol. The second kappa shape index (κ2) is 5.82. The van der Waals surface area contributed by atoms with Gasteiger partial charge in [-0.1, -0.05) is 24.3 Å². The summed E-state index contributed by atoms with van der Waals surface area (Å²) in [5.74, 6) is 0.477. The van der Waals surface area contributed by atoms with E-state index in [4.69, 9.17) is 0 Å². The largest absolute Gasteiger partial charge is 0.316 e. The van der Waals surface area contributed by atoms with Gasteiger partial charge >= 0.3 is 0 Å². The predicted molar refractivity (Wildman–Crippen MR) is 72.8 cm³/mol. The molecule has 5 heteroatoms. The smallest absolute Gasteiger partial charge is 0.212 e. The lowest BCUT2D eigenvalue weighted by Crippen LogP contribution is -2.30. The normalized spacial score (nSPS) is 20.2. The van der Waals surface area contributed by atoms with Crippen LogP contribution in [-0.4, -0.2) is 27.3 Å². The Hall–Kier alpha value is -0.910. The topological polar surface area (TPSA) is 58.2 Å². The highest BCUT2D eigenvalue weighted by molar-refractivity contribution is 7.89. The molecule has 1 fully saturated rings. The van der Waals surface area contributed by atoms with Crippen LogP contribution in [0.1, 0.15) is 17.5 Å². The fourth-order valence-corrected chi connectivity index (χ4v) is 3.62. The van der Waals surface area contributed by atoms with Crippen LogP contribution in [0.4, 0.5) is 0 Å². The molecule has 1 aromatic carbocycles. The summed E-state index contributed by atoms with van der Waals surface area (Å²) in [6.07, 6.45) is 0.950. The van der Waals surface area contributed by atoms with Crippen LogP contribution in [0.2, 0.25) is 0 Å². The lowest BCUT2D eigenvalue weighted by atomic mass is 10.1. The van der Waals surface area contributed by atoms with Gasteiger partial charge in [-0.15, -0.1) is 0 Å². The number of aryl methyl sites for hydroxylation is 1. The molecular formula is C13H20N2O2S. The highest BCUT2D eigenvalue weighted by Gasteiger charge is 2.21. The lowest BCUT2D eigenvalue weighted by molar-refractivity contribution is 0.557. The SMILES string of the molecule is Cc1ccccc1CNS(=O)(=O)CC1CCNC1. The van der Waals surface area contributed by atoms with Crippen molar-refractivity contribution in [2.75, 3.05) is 18.8 Å². The third kappa shape index (κ3) is 3.80. The maximum Gasteiger partial charge on any atom is 0.212 e. The minimum atomic E-state index is -3.17. The van der Waals surface area contributed by atoms with Gasteiger partial charge in [0.25, 0.3) is 0 Å². The summed E-state index contributed by atoms with van der Waals surface area (Å²) < 4.78 is 26.6. The molecule has 1 aromatic rings. The van der Waals surface area contributed by atoms with E-state index < -0.39 is 10.0 Å². The zero-order valence-corrected chi connectivity index (χ0v) is 11.5. The molecule has 1 unspecified atom stereocenters. The van der Waals surface area contributed by atoms with Crippen LogP contribution in [0.25, 0.3) is 0 Å². The number of hydrogen-bond donors (Lipinski definition) is 2. The summed E-state index contributed by atoms with van der Waals surface area (Å²) in [5.41, 5.74) is 2.15. The van der Waals surface area contributed by atoms with Gasteiger partial charge in [0.15, 0.2) is 0 Å². The Morgan fingerprint density at radius 1 is 1.39 bits per heavy atom. The van der Waals surface area contributed by atoms with Crippen molar-refractivity contribution in [2.24, 2.45) is 5.92 Å². The average molecular weight is 268 g/mol. The molecule has 1 heterocycles. The highest BCUT2D eigenvalue weighted by atomic mass is 32.2.